The molecule has 1 N–H and O–H groups in total. The lowest BCUT2D eigenvalue weighted by Crippen LogP contribution is -2.08. The van der Waals surface area contributed by atoms with Crippen LogP contribution in [0, 0.1) is 0 Å². The largest absolute Gasteiger partial charge is 0.370 e. The maximum Gasteiger partial charge on any atom is 0.224 e. The van der Waals surface area contributed by atoms with E-state index in [-0.39, 0.29) is 5.28 Å². The highest BCUT2D eigenvalue weighted by atomic mass is 35.5. The van der Waals surface area contributed by atoms with Crippen molar-refractivity contribution >= 4 is 29.2 Å². The number of halogens is 1. The van der Waals surface area contributed by atoms with Crippen LogP contribution in [0.3, 0.4) is 0 Å². The Balaban J connectivity index is 2.31. The van der Waals surface area contributed by atoms with Crippen molar-refractivity contribution in [3.63, 3.8) is 0 Å². The standard InChI is InChI=1S/C9H14ClN3S/c1-7(14-2)3-5-11-8-4-6-12-9(10)13-8/h4,6-7H,3,5H2,1-2H3,(H,11,12,13). The summed E-state index contributed by atoms with van der Waals surface area (Å²) in [7, 11) is 0. The van der Waals surface area contributed by atoms with Gasteiger partial charge in [-0.15, -0.1) is 0 Å². The van der Waals surface area contributed by atoms with Gasteiger partial charge in [0.25, 0.3) is 0 Å². The molecule has 1 unspecified atom stereocenters. The molecule has 0 aromatic carbocycles. The Labute approximate surface area is 93.7 Å². The number of anilines is 1. The third kappa shape index (κ3) is 4.15. The Bertz CT molecular complexity index is 283. The maximum absolute atomic E-state index is 5.65. The Kier molecular flexibility index (Phi) is 5.04. The fourth-order valence-corrected chi connectivity index (χ4v) is 1.46. The summed E-state index contributed by atoms with van der Waals surface area (Å²) in [6, 6.07) is 1.82. The zero-order valence-corrected chi connectivity index (χ0v) is 9.90. The second-order valence-electron chi connectivity index (χ2n) is 2.97. The minimum atomic E-state index is 0.285. The first kappa shape index (κ1) is 11.6. The van der Waals surface area contributed by atoms with Crippen LogP contribution >= 0.6 is 23.4 Å². The average Bonchev–Trinajstić information content (AvgIpc) is 2.17. The van der Waals surface area contributed by atoms with E-state index in [1.807, 2.05) is 17.8 Å². The predicted molar refractivity (Wildman–Crippen MR) is 63.1 cm³/mol. The fraction of sp³-hybridized carbons (Fsp3) is 0.556. The van der Waals surface area contributed by atoms with E-state index in [0.717, 1.165) is 18.8 Å². The fourth-order valence-electron chi connectivity index (χ4n) is 0.955. The predicted octanol–water partition coefficient (Wildman–Crippen LogP) is 2.68. The van der Waals surface area contributed by atoms with Crippen molar-refractivity contribution in [3.8, 4) is 0 Å². The highest BCUT2D eigenvalue weighted by Gasteiger charge is 1.99. The highest BCUT2D eigenvalue weighted by Crippen LogP contribution is 2.10. The van der Waals surface area contributed by atoms with Gasteiger partial charge < -0.3 is 5.32 Å². The molecule has 0 saturated heterocycles. The maximum atomic E-state index is 5.65. The molecule has 3 nitrogen and oxygen atoms in total. The summed E-state index contributed by atoms with van der Waals surface area (Å²) in [5.41, 5.74) is 0. The zero-order chi connectivity index (χ0) is 10.4. The molecule has 78 valence electrons. The normalized spacial score (nSPS) is 12.5. The van der Waals surface area contributed by atoms with Crippen LogP contribution in [0.15, 0.2) is 12.3 Å². The molecule has 0 aliphatic heterocycles. The molecule has 0 aliphatic rings. The van der Waals surface area contributed by atoms with E-state index in [9.17, 15) is 0 Å². The van der Waals surface area contributed by atoms with Crippen LogP contribution < -0.4 is 5.32 Å². The average molecular weight is 232 g/mol. The molecule has 1 rings (SSSR count). The molecular weight excluding hydrogens is 218 g/mol. The summed E-state index contributed by atoms with van der Waals surface area (Å²) in [5, 5.41) is 4.15. The van der Waals surface area contributed by atoms with Crippen LogP contribution in [0.2, 0.25) is 5.28 Å². The van der Waals surface area contributed by atoms with Gasteiger partial charge in [0.1, 0.15) is 5.82 Å². The number of hydrogen-bond acceptors (Lipinski definition) is 4. The van der Waals surface area contributed by atoms with E-state index in [0.29, 0.717) is 5.25 Å². The van der Waals surface area contributed by atoms with Crippen molar-refractivity contribution in [3.05, 3.63) is 17.5 Å². The third-order valence-electron chi connectivity index (χ3n) is 1.89. The van der Waals surface area contributed by atoms with Crippen LogP contribution in [0.1, 0.15) is 13.3 Å². The third-order valence-corrected chi connectivity index (χ3v) is 3.11. The van der Waals surface area contributed by atoms with Crippen molar-refractivity contribution in [2.45, 2.75) is 18.6 Å². The van der Waals surface area contributed by atoms with Gasteiger partial charge in [0.2, 0.25) is 5.28 Å². The summed E-state index contributed by atoms with van der Waals surface area (Å²) in [4.78, 5) is 7.84. The number of hydrogen-bond donors (Lipinski definition) is 1. The Morgan fingerprint density at radius 2 is 2.43 bits per heavy atom. The van der Waals surface area contributed by atoms with Gasteiger partial charge in [-0.1, -0.05) is 6.92 Å². The molecular formula is C9H14ClN3S. The quantitative estimate of drug-likeness (QED) is 0.791. The van der Waals surface area contributed by atoms with E-state index in [1.165, 1.54) is 0 Å². The molecule has 5 heteroatoms. The summed E-state index contributed by atoms with van der Waals surface area (Å²) in [6.45, 7) is 3.12. The Hall–Kier alpha value is -0.480. The molecule has 0 bridgehead atoms. The van der Waals surface area contributed by atoms with E-state index in [4.69, 9.17) is 11.6 Å². The molecule has 14 heavy (non-hydrogen) atoms. The van der Waals surface area contributed by atoms with Gasteiger partial charge in [-0.05, 0) is 30.3 Å². The van der Waals surface area contributed by atoms with Crippen molar-refractivity contribution < 1.29 is 0 Å². The highest BCUT2D eigenvalue weighted by molar-refractivity contribution is 7.99. The Morgan fingerprint density at radius 3 is 3.07 bits per heavy atom. The van der Waals surface area contributed by atoms with Gasteiger partial charge in [0.05, 0.1) is 0 Å². The first-order chi connectivity index (χ1) is 6.72. The lowest BCUT2D eigenvalue weighted by atomic mass is 10.3. The van der Waals surface area contributed by atoms with Crippen molar-refractivity contribution in [1.82, 2.24) is 9.97 Å². The molecule has 0 amide bonds. The molecule has 0 saturated carbocycles. The van der Waals surface area contributed by atoms with E-state index < -0.39 is 0 Å². The smallest absolute Gasteiger partial charge is 0.224 e. The van der Waals surface area contributed by atoms with E-state index in [1.54, 1.807) is 6.20 Å². The number of nitrogens with one attached hydrogen (secondary N) is 1. The summed E-state index contributed by atoms with van der Waals surface area (Å²) in [6.07, 6.45) is 4.88. The number of rotatable bonds is 5. The topological polar surface area (TPSA) is 37.8 Å². The summed E-state index contributed by atoms with van der Waals surface area (Å²) >= 11 is 7.51. The number of thioether (sulfide) groups is 1. The van der Waals surface area contributed by atoms with Gasteiger partial charge in [-0.3, -0.25) is 0 Å². The monoisotopic (exact) mass is 231 g/mol. The van der Waals surface area contributed by atoms with E-state index >= 15 is 0 Å². The van der Waals surface area contributed by atoms with Crippen molar-refractivity contribution in [2.24, 2.45) is 0 Å². The molecule has 0 spiro atoms. The van der Waals surface area contributed by atoms with Crippen LogP contribution in [0.4, 0.5) is 5.82 Å². The molecule has 0 aliphatic carbocycles. The van der Waals surface area contributed by atoms with Gasteiger partial charge in [-0.2, -0.15) is 11.8 Å². The van der Waals surface area contributed by atoms with Crippen LogP contribution in [0.5, 0.6) is 0 Å². The van der Waals surface area contributed by atoms with Crippen LogP contribution in [-0.2, 0) is 0 Å². The lowest BCUT2D eigenvalue weighted by Gasteiger charge is -2.09. The van der Waals surface area contributed by atoms with Gasteiger partial charge in [-0.25, -0.2) is 9.97 Å². The lowest BCUT2D eigenvalue weighted by molar-refractivity contribution is 0.849. The number of nitrogens with zero attached hydrogens (tertiary/aromatic N) is 2. The molecule has 1 atom stereocenters. The van der Waals surface area contributed by atoms with Gasteiger partial charge >= 0.3 is 0 Å². The zero-order valence-electron chi connectivity index (χ0n) is 8.33. The first-order valence-corrected chi connectivity index (χ1v) is 6.14. The minimum absolute atomic E-state index is 0.285. The van der Waals surface area contributed by atoms with Gasteiger partial charge in [0, 0.05) is 18.0 Å². The second-order valence-corrected chi connectivity index (χ2v) is 4.59. The molecule has 0 radical (unpaired) electrons. The summed E-state index contributed by atoms with van der Waals surface area (Å²) in [5.74, 6) is 0.790. The SMILES string of the molecule is CSC(C)CCNc1ccnc(Cl)n1. The van der Waals surface area contributed by atoms with Gasteiger partial charge in [0.15, 0.2) is 0 Å². The van der Waals surface area contributed by atoms with E-state index in [2.05, 4.69) is 28.5 Å². The molecule has 1 heterocycles. The van der Waals surface area contributed by atoms with Crippen LogP contribution in [0.25, 0.3) is 0 Å². The second kappa shape index (κ2) is 6.09. The van der Waals surface area contributed by atoms with Crippen LogP contribution in [-0.4, -0.2) is 28.0 Å². The van der Waals surface area contributed by atoms with Crippen molar-refractivity contribution in [1.29, 1.82) is 0 Å². The molecule has 1 aromatic heterocycles. The number of aromatic nitrogens is 2. The Morgan fingerprint density at radius 1 is 1.64 bits per heavy atom. The first-order valence-electron chi connectivity index (χ1n) is 4.47. The van der Waals surface area contributed by atoms with Crippen molar-refractivity contribution in [2.75, 3.05) is 18.1 Å². The molecule has 0 fully saturated rings. The molecule has 1 aromatic rings. The minimum Gasteiger partial charge on any atom is -0.370 e. The summed E-state index contributed by atoms with van der Waals surface area (Å²) < 4.78 is 0.